The van der Waals surface area contributed by atoms with Gasteiger partial charge in [-0.15, -0.1) is 0 Å². The highest BCUT2D eigenvalue weighted by Crippen LogP contribution is 2.18. The van der Waals surface area contributed by atoms with Crippen molar-refractivity contribution in [1.82, 2.24) is 0 Å². The van der Waals surface area contributed by atoms with E-state index in [2.05, 4.69) is 4.99 Å². The summed E-state index contributed by atoms with van der Waals surface area (Å²) in [5, 5.41) is 11.0. The second kappa shape index (κ2) is 5.88. The van der Waals surface area contributed by atoms with Crippen molar-refractivity contribution >= 4 is 17.6 Å². The molecule has 0 aromatic heterocycles. The fourth-order valence-corrected chi connectivity index (χ4v) is 2.21. The lowest BCUT2D eigenvalue weighted by Gasteiger charge is -2.15. The third-order valence-electron chi connectivity index (χ3n) is 3.02. The van der Waals surface area contributed by atoms with Crippen molar-refractivity contribution in [2.45, 2.75) is 26.8 Å². The maximum absolute atomic E-state index is 12.2. The summed E-state index contributed by atoms with van der Waals surface area (Å²) < 4.78 is 5.08. The molecule has 7 nitrogen and oxygen atoms in total. The van der Waals surface area contributed by atoms with Crippen LogP contribution in [-0.4, -0.2) is 28.6 Å². The fourth-order valence-electron chi connectivity index (χ4n) is 2.21. The Morgan fingerprint density at radius 2 is 1.82 bits per heavy atom. The van der Waals surface area contributed by atoms with Crippen molar-refractivity contribution in [3.63, 3.8) is 0 Å². The van der Waals surface area contributed by atoms with Crippen LogP contribution in [0.5, 0.6) is 0 Å². The number of rotatable bonds is 3. The number of amides is 1. The smallest absolute Gasteiger partial charge is 0.348 e. The number of aryl methyl sites for hydroxylation is 2. The zero-order chi connectivity index (χ0) is 16.4. The highest BCUT2D eigenvalue weighted by atomic mass is 16.6. The first-order valence-corrected chi connectivity index (χ1v) is 6.52. The first kappa shape index (κ1) is 15.6. The highest BCUT2D eigenvalue weighted by molar-refractivity contribution is 6.06. The van der Waals surface area contributed by atoms with E-state index in [0.717, 1.165) is 11.1 Å². The van der Waals surface area contributed by atoms with Crippen LogP contribution in [0.1, 0.15) is 28.4 Å². The molecular weight excluding hydrogens is 288 g/mol. The van der Waals surface area contributed by atoms with Crippen LogP contribution in [0.2, 0.25) is 0 Å². The van der Waals surface area contributed by atoms with Crippen LogP contribution in [0.25, 0.3) is 0 Å². The molecule has 1 heterocycles. The third-order valence-corrected chi connectivity index (χ3v) is 3.02. The average Bonchev–Trinajstić information content (AvgIpc) is 2.35. The molecule has 0 saturated carbocycles. The Morgan fingerprint density at radius 3 is 2.36 bits per heavy atom. The van der Waals surface area contributed by atoms with Crippen molar-refractivity contribution in [3.8, 4) is 0 Å². The van der Waals surface area contributed by atoms with Crippen molar-refractivity contribution in [2.24, 2.45) is 4.99 Å². The molecule has 1 amide bonds. The van der Waals surface area contributed by atoms with Gasteiger partial charge in [0.2, 0.25) is 0 Å². The van der Waals surface area contributed by atoms with Gasteiger partial charge in [0.1, 0.15) is 0 Å². The van der Waals surface area contributed by atoms with Crippen LogP contribution in [0, 0.1) is 24.0 Å². The van der Waals surface area contributed by atoms with Gasteiger partial charge in [-0.2, -0.15) is 0 Å². The lowest BCUT2D eigenvalue weighted by atomic mass is 10.1. The number of nitrogens with zero attached hydrogens (tertiary/aromatic N) is 2. The van der Waals surface area contributed by atoms with Crippen molar-refractivity contribution in [1.29, 1.82) is 0 Å². The molecule has 0 saturated heterocycles. The summed E-state index contributed by atoms with van der Waals surface area (Å²) in [4.78, 5) is 37.5. The van der Waals surface area contributed by atoms with Gasteiger partial charge in [-0.3, -0.25) is 14.9 Å². The maximum atomic E-state index is 12.2. The van der Waals surface area contributed by atoms with Gasteiger partial charge in [-0.05, 0) is 32.9 Å². The van der Waals surface area contributed by atoms with E-state index < -0.39 is 22.8 Å². The molecule has 0 radical (unpaired) electrons. The molecule has 22 heavy (non-hydrogen) atoms. The minimum Gasteiger partial charge on any atom is -0.419 e. The molecule has 2 rings (SSSR count). The molecule has 1 aromatic carbocycles. The molecule has 1 unspecified atom stereocenters. The lowest BCUT2D eigenvalue weighted by molar-refractivity contribution is -0.501. The van der Waals surface area contributed by atoms with E-state index in [9.17, 15) is 19.7 Å². The first-order valence-electron chi connectivity index (χ1n) is 6.52. The molecular formula is C15H14N2O5. The fraction of sp³-hybridized carbons (Fsp3) is 0.267. The van der Waals surface area contributed by atoms with E-state index in [1.165, 1.54) is 13.0 Å². The number of carbonyl (C=O) groups excluding carboxylic acids is 2. The number of nitro groups is 1. The summed E-state index contributed by atoms with van der Waals surface area (Å²) >= 11 is 0. The van der Waals surface area contributed by atoms with Gasteiger partial charge in [-0.25, -0.2) is 9.79 Å². The van der Waals surface area contributed by atoms with Gasteiger partial charge in [0, 0.05) is 16.7 Å². The number of carbonyl (C=O) groups is 2. The quantitative estimate of drug-likeness (QED) is 0.483. The number of allylic oxidation sites excluding steroid dienone is 1. The maximum Gasteiger partial charge on any atom is 0.348 e. The van der Waals surface area contributed by atoms with E-state index in [1.807, 2.05) is 19.9 Å². The van der Waals surface area contributed by atoms with Crippen LogP contribution >= 0.6 is 0 Å². The van der Waals surface area contributed by atoms with Crippen molar-refractivity contribution < 1.29 is 19.2 Å². The topological polar surface area (TPSA) is 98.9 Å². The molecule has 1 aromatic rings. The predicted molar refractivity (Wildman–Crippen MR) is 78.3 cm³/mol. The normalized spacial score (nSPS) is 17.6. The Kier molecular flexibility index (Phi) is 4.16. The summed E-state index contributed by atoms with van der Waals surface area (Å²) in [5.41, 5.74) is 2.26. The Morgan fingerprint density at radius 1 is 1.23 bits per heavy atom. The van der Waals surface area contributed by atoms with E-state index in [1.54, 1.807) is 12.1 Å². The van der Waals surface area contributed by atoms with Crippen LogP contribution < -0.4 is 0 Å². The summed E-state index contributed by atoms with van der Waals surface area (Å²) in [6.45, 7) is 5.15. The molecule has 0 N–H and O–H groups in total. The number of aliphatic imine (C=N–C) groups is 1. The number of hydrogen-bond donors (Lipinski definition) is 0. The Bertz CT molecular complexity index is 713. The largest absolute Gasteiger partial charge is 0.419 e. The second-order valence-corrected chi connectivity index (χ2v) is 5.09. The van der Waals surface area contributed by atoms with Crippen LogP contribution in [0.15, 0.2) is 35.0 Å². The summed E-state index contributed by atoms with van der Waals surface area (Å²) in [7, 11) is 0. The van der Waals surface area contributed by atoms with E-state index in [0.29, 0.717) is 0 Å². The molecule has 1 atom stereocenters. The molecule has 0 aliphatic carbocycles. The number of ether oxygens (including phenoxy) is 1. The second-order valence-electron chi connectivity index (χ2n) is 5.09. The van der Waals surface area contributed by atoms with E-state index in [-0.39, 0.29) is 17.0 Å². The van der Waals surface area contributed by atoms with Gasteiger partial charge in [-0.1, -0.05) is 17.2 Å². The van der Waals surface area contributed by atoms with Gasteiger partial charge in [0.15, 0.2) is 5.76 Å². The van der Waals surface area contributed by atoms with Crippen LogP contribution in [0.3, 0.4) is 0 Å². The van der Waals surface area contributed by atoms with Crippen LogP contribution in [-0.2, 0) is 9.53 Å². The van der Waals surface area contributed by atoms with E-state index in [4.69, 9.17) is 4.74 Å². The first-order chi connectivity index (χ1) is 10.3. The molecule has 0 spiro atoms. The zero-order valence-corrected chi connectivity index (χ0v) is 12.3. The SMILES string of the molecule is CC1=NC(=O)C([N+](=O)[O-])C(OC(=O)c2cc(C)cc(C)c2)=C1. The number of dihydropyridines is 1. The van der Waals surface area contributed by atoms with Crippen molar-refractivity contribution in [3.05, 3.63) is 56.8 Å². The number of esters is 1. The van der Waals surface area contributed by atoms with Gasteiger partial charge in [0.05, 0.1) is 5.56 Å². The zero-order valence-electron chi connectivity index (χ0n) is 12.3. The summed E-state index contributed by atoms with van der Waals surface area (Å²) in [6, 6.07) is 3.33. The third kappa shape index (κ3) is 3.25. The summed E-state index contributed by atoms with van der Waals surface area (Å²) in [6.07, 6.45) is 1.23. The Balaban J connectivity index is 2.31. The van der Waals surface area contributed by atoms with Gasteiger partial charge >= 0.3 is 17.9 Å². The standard InChI is InChI=1S/C15H14N2O5/c1-8-4-9(2)6-11(5-8)15(19)22-12-7-10(3)16-14(18)13(12)17(20)21/h4-7,13H,1-3H3. The van der Waals surface area contributed by atoms with Gasteiger partial charge in [0.25, 0.3) is 0 Å². The molecule has 114 valence electrons. The Hall–Kier alpha value is -2.83. The monoisotopic (exact) mass is 302 g/mol. The molecule has 1 aliphatic rings. The molecule has 7 heteroatoms. The minimum atomic E-state index is -1.78. The Labute approximate surface area is 126 Å². The number of benzene rings is 1. The van der Waals surface area contributed by atoms with Crippen LogP contribution in [0.4, 0.5) is 0 Å². The predicted octanol–water partition coefficient (Wildman–Crippen LogP) is 1.99. The summed E-state index contributed by atoms with van der Waals surface area (Å²) in [5.74, 6) is -2.01. The minimum absolute atomic E-state index is 0.256. The molecule has 0 fully saturated rings. The van der Waals surface area contributed by atoms with E-state index >= 15 is 0 Å². The van der Waals surface area contributed by atoms with Gasteiger partial charge < -0.3 is 4.74 Å². The van der Waals surface area contributed by atoms with Crippen molar-refractivity contribution in [2.75, 3.05) is 0 Å². The molecule has 1 aliphatic heterocycles. The lowest BCUT2D eigenvalue weighted by Crippen LogP contribution is -2.35. The average molecular weight is 302 g/mol. The molecule has 0 bridgehead atoms. The highest BCUT2D eigenvalue weighted by Gasteiger charge is 2.39. The number of hydrogen-bond acceptors (Lipinski definition) is 5.